The van der Waals surface area contributed by atoms with Crippen LogP contribution in [0, 0.1) is 13.8 Å². The number of amides is 1. The summed E-state index contributed by atoms with van der Waals surface area (Å²) < 4.78 is 1.57. The van der Waals surface area contributed by atoms with Crippen LogP contribution in [0.2, 0.25) is 0 Å². The first kappa shape index (κ1) is 19.4. The van der Waals surface area contributed by atoms with E-state index in [4.69, 9.17) is 0 Å². The van der Waals surface area contributed by atoms with Crippen LogP contribution in [-0.2, 0) is 5.75 Å². The SMILES string of the molecule is Cc1cccc(C(=O)Nc2ccccc2SCc2cc(=O)n3cc(C)sc3n2)c1. The van der Waals surface area contributed by atoms with Gasteiger partial charge in [-0.1, -0.05) is 29.8 Å². The summed E-state index contributed by atoms with van der Waals surface area (Å²) in [6.45, 7) is 3.92. The van der Waals surface area contributed by atoms with Crippen molar-refractivity contribution >= 4 is 39.7 Å². The number of para-hydroxylation sites is 1. The van der Waals surface area contributed by atoms with Crippen molar-refractivity contribution in [1.29, 1.82) is 0 Å². The Morgan fingerprint density at radius 1 is 1.14 bits per heavy atom. The first-order valence-corrected chi connectivity index (χ1v) is 10.9. The zero-order valence-corrected chi connectivity index (χ0v) is 17.6. The van der Waals surface area contributed by atoms with Gasteiger partial charge in [-0.25, -0.2) is 4.98 Å². The molecule has 0 aliphatic carbocycles. The molecule has 0 radical (unpaired) electrons. The molecule has 0 saturated heterocycles. The zero-order chi connectivity index (χ0) is 20.4. The lowest BCUT2D eigenvalue weighted by atomic mass is 10.1. The third-order valence-corrected chi connectivity index (χ3v) is 6.33. The van der Waals surface area contributed by atoms with Gasteiger partial charge in [0.1, 0.15) is 0 Å². The average Bonchev–Trinajstić information content (AvgIpc) is 3.08. The van der Waals surface area contributed by atoms with Gasteiger partial charge in [0.15, 0.2) is 4.96 Å². The lowest BCUT2D eigenvalue weighted by Crippen LogP contribution is -2.13. The first-order chi connectivity index (χ1) is 14.0. The molecule has 2 aromatic heterocycles. The molecular formula is C22H19N3O2S2. The average molecular weight is 422 g/mol. The molecule has 0 bridgehead atoms. The van der Waals surface area contributed by atoms with Crippen molar-refractivity contribution in [3.05, 3.63) is 92.8 Å². The highest BCUT2D eigenvalue weighted by atomic mass is 32.2. The molecule has 0 unspecified atom stereocenters. The Labute approximate surface area is 176 Å². The highest BCUT2D eigenvalue weighted by molar-refractivity contribution is 7.98. The number of hydrogen-bond acceptors (Lipinski definition) is 5. The Morgan fingerprint density at radius 2 is 1.97 bits per heavy atom. The lowest BCUT2D eigenvalue weighted by molar-refractivity contribution is 0.102. The lowest BCUT2D eigenvalue weighted by Gasteiger charge is -2.11. The second-order valence-electron chi connectivity index (χ2n) is 6.69. The molecule has 0 spiro atoms. The van der Waals surface area contributed by atoms with E-state index in [9.17, 15) is 9.59 Å². The normalized spacial score (nSPS) is 11.0. The molecular weight excluding hydrogens is 402 g/mol. The smallest absolute Gasteiger partial charge is 0.258 e. The quantitative estimate of drug-likeness (QED) is 0.465. The second-order valence-corrected chi connectivity index (χ2v) is 8.92. The van der Waals surface area contributed by atoms with Gasteiger partial charge in [-0.15, -0.1) is 23.1 Å². The molecule has 1 N–H and O–H groups in total. The minimum absolute atomic E-state index is 0.0732. The van der Waals surface area contributed by atoms with Crippen LogP contribution in [0.4, 0.5) is 5.69 Å². The highest BCUT2D eigenvalue weighted by Gasteiger charge is 2.11. The van der Waals surface area contributed by atoms with Crippen LogP contribution >= 0.6 is 23.1 Å². The van der Waals surface area contributed by atoms with E-state index in [2.05, 4.69) is 10.3 Å². The van der Waals surface area contributed by atoms with Gasteiger partial charge in [-0.05, 0) is 38.1 Å². The molecule has 0 fully saturated rings. The molecule has 4 aromatic rings. The van der Waals surface area contributed by atoms with Gasteiger partial charge in [-0.2, -0.15) is 0 Å². The van der Waals surface area contributed by atoms with E-state index in [0.717, 1.165) is 26.7 Å². The van der Waals surface area contributed by atoms with E-state index in [1.54, 1.807) is 28.3 Å². The summed E-state index contributed by atoms with van der Waals surface area (Å²) in [5.41, 5.74) is 3.06. The van der Waals surface area contributed by atoms with E-state index in [-0.39, 0.29) is 11.5 Å². The van der Waals surface area contributed by atoms with Crippen molar-refractivity contribution in [2.24, 2.45) is 0 Å². The fourth-order valence-electron chi connectivity index (χ4n) is 2.96. The maximum Gasteiger partial charge on any atom is 0.258 e. The molecule has 4 rings (SSSR count). The molecule has 0 aliphatic rings. The second kappa shape index (κ2) is 8.23. The van der Waals surface area contributed by atoms with Crippen molar-refractivity contribution in [3.63, 3.8) is 0 Å². The Bertz CT molecular complexity index is 1260. The van der Waals surface area contributed by atoms with Gasteiger partial charge < -0.3 is 5.32 Å². The number of carbonyl (C=O) groups is 1. The number of rotatable bonds is 5. The maximum atomic E-state index is 12.6. The number of fused-ring (bicyclic) bond motifs is 1. The van der Waals surface area contributed by atoms with E-state index < -0.39 is 0 Å². The van der Waals surface area contributed by atoms with Gasteiger partial charge in [0.05, 0.1) is 11.4 Å². The summed E-state index contributed by atoms with van der Waals surface area (Å²) >= 11 is 3.04. The third-order valence-electron chi connectivity index (χ3n) is 4.33. The van der Waals surface area contributed by atoms with E-state index >= 15 is 0 Å². The Hall–Kier alpha value is -2.90. The number of thioether (sulfide) groups is 1. The molecule has 29 heavy (non-hydrogen) atoms. The van der Waals surface area contributed by atoms with Crippen LogP contribution in [0.15, 0.2) is 70.5 Å². The molecule has 0 atom stereocenters. The number of thiazole rings is 1. The Morgan fingerprint density at radius 3 is 2.79 bits per heavy atom. The fourth-order valence-corrected chi connectivity index (χ4v) is 4.71. The molecule has 0 saturated carbocycles. The zero-order valence-electron chi connectivity index (χ0n) is 16.0. The third kappa shape index (κ3) is 4.41. The van der Waals surface area contributed by atoms with Gasteiger partial charge in [0.2, 0.25) is 0 Å². The predicted molar refractivity (Wildman–Crippen MR) is 119 cm³/mol. The van der Waals surface area contributed by atoms with Crippen molar-refractivity contribution in [2.45, 2.75) is 24.5 Å². The largest absolute Gasteiger partial charge is 0.321 e. The number of hydrogen-bond donors (Lipinski definition) is 1. The number of anilines is 1. The monoisotopic (exact) mass is 421 g/mol. The van der Waals surface area contributed by atoms with Gasteiger partial charge >= 0.3 is 0 Å². The molecule has 2 heterocycles. The molecule has 2 aromatic carbocycles. The number of nitrogens with one attached hydrogen (secondary N) is 1. The summed E-state index contributed by atoms with van der Waals surface area (Å²) in [6, 6.07) is 16.7. The summed E-state index contributed by atoms with van der Waals surface area (Å²) in [6.07, 6.45) is 1.81. The van der Waals surface area contributed by atoms with Crippen molar-refractivity contribution in [3.8, 4) is 0 Å². The van der Waals surface area contributed by atoms with Crippen LogP contribution < -0.4 is 10.9 Å². The van der Waals surface area contributed by atoms with E-state index in [1.165, 1.54) is 11.3 Å². The Kier molecular flexibility index (Phi) is 5.51. The van der Waals surface area contributed by atoms with Crippen molar-refractivity contribution in [2.75, 3.05) is 5.32 Å². The van der Waals surface area contributed by atoms with Gasteiger partial charge in [0.25, 0.3) is 11.5 Å². The number of nitrogens with zero attached hydrogens (tertiary/aromatic N) is 2. The van der Waals surface area contributed by atoms with E-state index in [1.807, 2.05) is 62.5 Å². The fraction of sp³-hybridized carbons (Fsp3) is 0.136. The number of carbonyl (C=O) groups excluding carboxylic acids is 1. The predicted octanol–water partition coefficient (Wildman–Crippen LogP) is 4.92. The van der Waals surface area contributed by atoms with Crippen LogP contribution in [0.5, 0.6) is 0 Å². The molecule has 1 amide bonds. The van der Waals surface area contributed by atoms with Crippen LogP contribution in [-0.4, -0.2) is 15.3 Å². The minimum atomic E-state index is -0.145. The first-order valence-electron chi connectivity index (χ1n) is 9.08. The molecule has 0 aliphatic heterocycles. The Balaban J connectivity index is 1.53. The topological polar surface area (TPSA) is 63.5 Å². The molecule has 7 heteroatoms. The number of aromatic nitrogens is 2. The molecule has 5 nitrogen and oxygen atoms in total. The number of benzene rings is 2. The van der Waals surface area contributed by atoms with Gasteiger partial charge in [0, 0.05) is 33.4 Å². The van der Waals surface area contributed by atoms with Gasteiger partial charge in [-0.3, -0.25) is 14.0 Å². The minimum Gasteiger partial charge on any atom is -0.321 e. The van der Waals surface area contributed by atoms with Crippen molar-refractivity contribution in [1.82, 2.24) is 9.38 Å². The standard InChI is InChI=1S/C22H19N3O2S2/c1-14-6-5-7-16(10-14)21(27)24-18-8-3-4-9-19(18)28-13-17-11-20(26)25-12-15(2)29-22(25)23-17/h3-12H,13H2,1-2H3,(H,24,27). The van der Waals surface area contributed by atoms with Crippen molar-refractivity contribution < 1.29 is 4.79 Å². The maximum absolute atomic E-state index is 12.6. The van der Waals surface area contributed by atoms with Crippen LogP contribution in [0.3, 0.4) is 0 Å². The number of aryl methyl sites for hydroxylation is 2. The molecule has 146 valence electrons. The summed E-state index contributed by atoms with van der Waals surface area (Å²) in [7, 11) is 0. The van der Waals surface area contributed by atoms with Crippen LogP contribution in [0.25, 0.3) is 4.96 Å². The van der Waals surface area contributed by atoms with E-state index in [0.29, 0.717) is 16.3 Å². The summed E-state index contributed by atoms with van der Waals surface area (Å²) in [5.74, 6) is 0.397. The van der Waals surface area contributed by atoms with Crippen LogP contribution in [0.1, 0.15) is 26.5 Å². The summed E-state index contributed by atoms with van der Waals surface area (Å²) in [5, 5.41) is 2.99. The highest BCUT2D eigenvalue weighted by Crippen LogP contribution is 2.30. The summed E-state index contributed by atoms with van der Waals surface area (Å²) in [4.78, 5) is 32.2.